The largest absolute Gasteiger partial charge is 0.469 e. The first-order valence-corrected chi connectivity index (χ1v) is 8.71. The van der Waals surface area contributed by atoms with Crippen molar-refractivity contribution in [1.82, 2.24) is 0 Å². The minimum atomic E-state index is -1.60. The summed E-state index contributed by atoms with van der Waals surface area (Å²) in [6, 6.07) is 7.21. The van der Waals surface area contributed by atoms with Gasteiger partial charge in [0.2, 0.25) is 0 Å². The number of hydrogen-bond donors (Lipinski definition) is 0. The van der Waals surface area contributed by atoms with Crippen LogP contribution in [0.15, 0.2) is 24.3 Å². The summed E-state index contributed by atoms with van der Waals surface area (Å²) in [4.78, 5) is 49.7. The van der Waals surface area contributed by atoms with Gasteiger partial charge in [0.05, 0.1) is 27.2 Å². The van der Waals surface area contributed by atoms with E-state index in [1.54, 1.807) is 18.2 Å². The smallest absolute Gasteiger partial charge is 0.323 e. The standard InChI is InChI=1S/C20H24O7/c1-25-17(22)15-10-13-6-4-5-7-14(13)12-20(18(23)26-2,19(24)27-3)9-8-16(21)11-15/h4-7,15H,8-12H2,1-3H3. The van der Waals surface area contributed by atoms with Crippen LogP contribution in [0, 0.1) is 11.3 Å². The number of ketones is 1. The molecule has 0 fully saturated rings. The lowest BCUT2D eigenvalue weighted by Gasteiger charge is -2.30. The zero-order valence-electron chi connectivity index (χ0n) is 15.8. The molecule has 7 nitrogen and oxygen atoms in total. The molecule has 1 atom stereocenters. The third kappa shape index (κ3) is 4.35. The van der Waals surface area contributed by atoms with Gasteiger partial charge < -0.3 is 14.2 Å². The molecule has 0 amide bonds. The summed E-state index contributed by atoms with van der Waals surface area (Å²) in [7, 11) is 3.69. The molecule has 0 radical (unpaired) electrons. The minimum Gasteiger partial charge on any atom is -0.469 e. The van der Waals surface area contributed by atoms with E-state index in [0.29, 0.717) is 0 Å². The lowest BCUT2D eigenvalue weighted by atomic mass is 9.74. The molecule has 0 aliphatic heterocycles. The van der Waals surface area contributed by atoms with Crippen molar-refractivity contribution in [1.29, 1.82) is 0 Å². The topological polar surface area (TPSA) is 96.0 Å². The Morgan fingerprint density at radius 1 is 0.926 bits per heavy atom. The van der Waals surface area contributed by atoms with Crippen molar-refractivity contribution in [3.8, 4) is 0 Å². The fraction of sp³-hybridized carbons (Fsp3) is 0.500. The highest BCUT2D eigenvalue weighted by atomic mass is 16.5. The van der Waals surface area contributed by atoms with Crippen LogP contribution < -0.4 is 0 Å². The molecule has 1 aliphatic carbocycles. The maximum atomic E-state index is 12.6. The average molecular weight is 376 g/mol. The lowest BCUT2D eigenvalue weighted by Crippen LogP contribution is -2.44. The Morgan fingerprint density at radius 2 is 1.52 bits per heavy atom. The molecule has 0 bridgehead atoms. The van der Waals surface area contributed by atoms with E-state index in [1.165, 1.54) is 21.3 Å². The van der Waals surface area contributed by atoms with Gasteiger partial charge in [-0.05, 0) is 30.4 Å². The molecule has 146 valence electrons. The molecule has 0 saturated heterocycles. The molecule has 27 heavy (non-hydrogen) atoms. The number of fused-ring (bicyclic) bond motifs is 1. The lowest BCUT2D eigenvalue weighted by molar-refractivity contribution is -0.170. The van der Waals surface area contributed by atoms with Gasteiger partial charge in [-0.3, -0.25) is 19.2 Å². The summed E-state index contributed by atoms with van der Waals surface area (Å²) in [5, 5.41) is 0. The van der Waals surface area contributed by atoms with E-state index >= 15 is 0 Å². The molecule has 7 heteroatoms. The van der Waals surface area contributed by atoms with Crippen LogP contribution in [0.5, 0.6) is 0 Å². The minimum absolute atomic E-state index is 0.0145. The second-order valence-electron chi connectivity index (χ2n) is 6.68. The van der Waals surface area contributed by atoms with Crippen molar-refractivity contribution in [3.05, 3.63) is 35.4 Å². The fourth-order valence-corrected chi connectivity index (χ4v) is 3.57. The number of Topliss-reactive ketones (excluding diaryl/α,β-unsaturated/α-hetero) is 1. The van der Waals surface area contributed by atoms with Crippen molar-refractivity contribution >= 4 is 23.7 Å². The van der Waals surface area contributed by atoms with E-state index in [-0.39, 0.29) is 37.9 Å². The zero-order chi connectivity index (χ0) is 20.0. The summed E-state index contributed by atoms with van der Waals surface area (Å²) in [6.07, 6.45) is 0.212. The number of carbonyl (C=O) groups is 4. The highest BCUT2D eigenvalue weighted by molar-refractivity contribution is 6.01. The average Bonchev–Trinajstić information content (AvgIpc) is 2.69. The van der Waals surface area contributed by atoms with E-state index in [9.17, 15) is 19.2 Å². The summed E-state index contributed by atoms with van der Waals surface area (Å²) in [5.41, 5.74) is -0.0933. The van der Waals surface area contributed by atoms with Gasteiger partial charge in [0.1, 0.15) is 5.78 Å². The molecular weight excluding hydrogens is 352 g/mol. The van der Waals surface area contributed by atoms with Gasteiger partial charge in [0.15, 0.2) is 5.41 Å². The number of hydrogen-bond acceptors (Lipinski definition) is 7. The summed E-state index contributed by atoms with van der Waals surface area (Å²) in [6.45, 7) is 0. The van der Waals surface area contributed by atoms with E-state index in [4.69, 9.17) is 14.2 Å². The Labute approximate surface area is 158 Å². The van der Waals surface area contributed by atoms with Crippen LogP contribution in [0.1, 0.15) is 30.4 Å². The number of rotatable bonds is 3. The van der Waals surface area contributed by atoms with Gasteiger partial charge in [0, 0.05) is 12.8 Å². The Morgan fingerprint density at radius 3 is 2.07 bits per heavy atom. The van der Waals surface area contributed by atoms with Crippen LogP contribution in [0.4, 0.5) is 0 Å². The summed E-state index contributed by atoms with van der Waals surface area (Å²) in [5.74, 6) is -2.75. The third-order valence-corrected chi connectivity index (χ3v) is 5.07. The SMILES string of the molecule is COC(=O)C1CC(=O)CCC(C(=O)OC)(C(=O)OC)Cc2ccccc2C1. The Bertz CT molecular complexity index is 722. The Balaban J connectivity index is 2.56. The number of benzene rings is 1. The van der Waals surface area contributed by atoms with Crippen LogP contribution >= 0.6 is 0 Å². The Hall–Kier alpha value is -2.70. The molecule has 0 N–H and O–H groups in total. The molecule has 0 spiro atoms. The molecule has 2 rings (SSSR count). The first-order valence-electron chi connectivity index (χ1n) is 8.71. The molecule has 0 saturated carbocycles. The van der Waals surface area contributed by atoms with Gasteiger partial charge in [-0.25, -0.2) is 0 Å². The highest BCUT2D eigenvalue weighted by Gasteiger charge is 2.49. The normalized spacial score (nSPS) is 19.4. The van der Waals surface area contributed by atoms with Crippen molar-refractivity contribution in [2.45, 2.75) is 32.1 Å². The molecule has 1 aromatic rings. The summed E-state index contributed by atoms with van der Waals surface area (Å²) < 4.78 is 14.6. The number of esters is 3. The van der Waals surface area contributed by atoms with Crippen molar-refractivity contribution in [3.63, 3.8) is 0 Å². The quantitative estimate of drug-likeness (QED) is 0.449. The number of carbonyl (C=O) groups excluding carboxylic acids is 4. The maximum absolute atomic E-state index is 12.6. The first kappa shape index (κ1) is 20.6. The molecule has 0 heterocycles. The van der Waals surface area contributed by atoms with Gasteiger partial charge in [-0.15, -0.1) is 0 Å². The van der Waals surface area contributed by atoms with Crippen LogP contribution in [0.25, 0.3) is 0 Å². The first-order chi connectivity index (χ1) is 12.9. The molecular formula is C20H24O7. The maximum Gasteiger partial charge on any atom is 0.323 e. The van der Waals surface area contributed by atoms with Crippen LogP contribution in [-0.4, -0.2) is 45.0 Å². The van der Waals surface area contributed by atoms with E-state index in [2.05, 4.69) is 0 Å². The van der Waals surface area contributed by atoms with E-state index in [0.717, 1.165) is 11.1 Å². The zero-order valence-corrected chi connectivity index (χ0v) is 15.8. The van der Waals surface area contributed by atoms with Crippen LogP contribution in [-0.2, 0) is 46.2 Å². The fourth-order valence-electron chi connectivity index (χ4n) is 3.57. The molecule has 1 aliphatic rings. The van der Waals surface area contributed by atoms with Crippen LogP contribution in [0.3, 0.4) is 0 Å². The Kier molecular flexibility index (Phi) is 6.71. The van der Waals surface area contributed by atoms with Crippen molar-refractivity contribution < 1.29 is 33.4 Å². The monoisotopic (exact) mass is 376 g/mol. The third-order valence-electron chi connectivity index (χ3n) is 5.07. The van der Waals surface area contributed by atoms with Crippen molar-refractivity contribution in [2.24, 2.45) is 11.3 Å². The van der Waals surface area contributed by atoms with Gasteiger partial charge in [0.25, 0.3) is 0 Å². The van der Waals surface area contributed by atoms with E-state index < -0.39 is 29.2 Å². The number of ether oxygens (including phenoxy) is 3. The van der Waals surface area contributed by atoms with Crippen molar-refractivity contribution in [2.75, 3.05) is 21.3 Å². The van der Waals surface area contributed by atoms with Gasteiger partial charge in [-0.1, -0.05) is 24.3 Å². The second kappa shape index (κ2) is 8.79. The number of methoxy groups -OCH3 is 3. The summed E-state index contributed by atoms with van der Waals surface area (Å²) >= 11 is 0. The molecule has 1 unspecified atom stereocenters. The van der Waals surface area contributed by atoms with Gasteiger partial charge in [-0.2, -0.15) is 0 Å². The predicted molar refractivity (Wildman–Crippen MR) is 94.7 cm³/mol. The molecule has 0 aromatic heterocycles. The predicted octanol–water partition coefficient (Wildman–Crippen LogP) is 1.65. The highest BCUT2D eigenvalue weighted by Crippen LogP contribution is 2.35. The van der Waals surface area contributed by atoms with Crippen LogP contribution in [0.2, 0.25) is 0 Å². The van der Waals surface area contributed by atoms with E-state index in [1.807, 2.05) is 6.07 Å². The van der Waals surface area contributed by atoms with Gasteiger partial charge >= 0.3 is 17.9 Å². The second-order valence-corrected chi connectivity index (χ2v) is 6.68. The molecule has 1 aromatic carbocycles.